The minimum absolute atomic E-state index is 0.206. The topological polar surface area (TPSA) is 38.0 Å². The minimum atomic E-state index is -0.330. The molecule has 0 saturated heterocycles. The van der Waals surface area contributed by atoms with Crippen molar-refractivity contribution in [3.05, 3.63) is 58.4 Å². The van der Waals surface area contributed by atoms with E-state index in [-0.39, 0.29) is 10.8 Å². The summed E-state index contributed by atoms with van der Waals surface area (Å²) in [6.45, 7) is 1.83. The lowest BCUT2D eigenvalue weighted by molar-refractivity contribution is 0.631. The Morgan fingerprint density at radius 1 is 1.21 bits per heavy atom. The number of aryl methyl sites for hydroxylation is 1. The van der Waals surface area contributed by atoms with Gasteiger partial charge >= 0.3 is 0 Å². The van der Waals surface area contributed by atoms with E-state index in [1.54, 1.807) is 24.3 Å². The van der Waals surface area contributed by atoms with Gasteiger partial charge in [-0.05, 0) is 42.8 Å². The van der Waals surface area contributed by atoms with Crippen LogP contribution >= 0.6 is 23.8 Å². The van der Waals surface area contributed by atoms with E-state index >= 15 is 0 Å². The molecule has 0 aliphatic carbocycles. The van der Waals surface area contributed by atoms with Crippen LogP contribution in [0.1, 0.15) is 11.1 Å². The molecule has 2 aromatic rings. The molecular formula is C14H12ClFN2S. The highest BCUT2D eigenvalue weighted by molar-refractivity contribution is 7.80. The second kappa shape index (κ2) is 5.55. The third-order valence-electron chi connectivity index (χ3n) is 2.64. The highest BCUT2D eigenvalue weighted by atomic mass is 35.5. The lowest BCUT2D eigenvalue weighted by atomic mass is 10.1. The lowest BCUT2D eigenvalue weighted by Crippen LogP contribution is -2.12. The van der Waals surface area contributed by atoms with Gasteiger partial charge in [-0.2, -0.15) is 0 Å². The maximum absolute atomic E-state index is 13.8. The minimum Gasteiger partial charge on any atom is -0.389 e. The van der Waals surface area contributed by atoms with E-state index in [1.807, 2.05) is 13.0 Å². The molecule has 0 unspecified atom stereocenters. The molecule has 5 heteroatoms. The van der Waals surface area contributed by atoms with Gasteiger partial charge in [-0.15, -0.1) is 0 Å². The molecule has 0 spiro atoms. The fourth-order valence-electron chi connectivity index (χ4n) is 1.70. The molecule has 0 saturated carbocycles. The zero-order chi connectivity index (χ0) is 14.0. The maximum Gasteiger partial charge on any atom is 0.146 e. The van der Waals surface area contributed by atoms with Gasteiger partial charge in [0.25, 0.3) is 0 Å². The standard InChI is InChI=1S/C14H12ClFN2S/c1-8-2-4-13(11(16)6-8)18-12-5-3-9(15)7-10(12)14(17)19/h2-7,18H,1H3,(H2,17,19). The third-order valence-corrected chi connectivity index (χ3v) is 3.10. The largest absolute Gasteiger partial charge is 0.389 e. The summed E-state index contributed by atoms with van der Waals surface area (Å²) in [6, 6.07) is 10.0. The fourth-order valence-corrected chi connectivity index (χ4v) is 2.04. The third kappa shape index (κ3) is 3.22. The number of benzene rings is 2. The first-order valence-corrected chi connectivity index (χ1v) is 6.38. The molecule has 0 amide bonds. The molecule has 98 valence electrons. The van der Waals surface area contributed by atoms with Gasteiger partial charge < -0.3 is 11.1 Å². The van der Waals surface area contributed by atoms with Crippen molar-refractivity contribution in [2.24, 2.45) is 5.73 Å². The second-order valence-corrected chi connectivity index (χ2v) is 5.04. The van der Waals surface area contributed by atoms with Crippen molar-refractivity contribution in [3.63, 3.8) is 0 Å². The van der Waals surface area contributed by atoms with Crippen LogP contribution in [0.3, 0.4) is 0 Å². The Bertz CT molecular complexity index is 643. The summed E-state index contributed by atoms with van der Waals surface area (Å²) in [5.74, 6) is -0.330. The van der Waals surface area contributed by atoms with Crippen LogP contribution < -0.4 is 11.1 Å². The van der Waals surface area contributed by atoms with Gasteiger partial charge in [0.15, 0.2) is 0 Å². The molecule has 19 heavy (non-hydrogen) atoms. The van der Waals surface area contributed by atoms with Crippen molar-refractivity contribution in [3.8, 4) is 0 Å². The van der Waals surface area contributed by atoms with Crippen molar-refractivity contribution in [1.29, 1.82) is 0 Å². The number of hydrogen-bond acceptors (Lipinski definition) is 2. The fraction of sp³-hybridized carbons (Fsp3) is 0.0714. The van der Waals surface area contributed by atoms with Crippen molar-refractivity contribution >= 4 is 40.2 Å². The van der Waals surface area contributed by atoms with Gasteiger partial charge in [0.05, 0.1) is 5.69 Å². The van der Waals surface area contributed by atoms with E-state index in [9.17, 15) is 4.39 Å². The molecule has 0 aromatic heterocycles. The number of nitrogens with one attached hydrogen (secondary N) is 1. The van der Waals surface area contributed by atoms with E-state index in [2.05, 4.69) is 5.32 Å². The first kappa shape index (κ1) is 13.8. The van der Waals surface area contributed by atoms with Crippen LogP contribution in [-0.2, 0) is 0 Å². The van der Waals surface area contributed by atoms with Gasteiger partial charge in [0.1, 0.15) is 10.8 Å². The Balaban J connectivity index is 2.40. The first-order chi connectivity index (χ1) is 8.97. The summed E-state index contributed by atoms with van der Waals surface area (Å²) in [4.78, 5) is 0.206. The molecule has 0 fully saturated rings. The van der Waals surface area contributed by atoms with Crippen LogP contribution in [-0.4, -0.2) is 4.99 Å². The van der Waals surface area contributed by atoms with Crippen LogP contribution in [0.5, 0.6) is 0 Å². The number of hydrogen-bond donors (Lipinski definition) is 2. The number of halogens is 2. The number of nitrogens with two attached hydrogens (primary N) is 1. The normalized spacial score (nSPS) is 10.3. The van der Waals surface area contributed by atoms with Gasteiger partial charge in [-0.3, -0.25) is 0 Å². The van der Waals surface area contributed by atoms with E-state index in [0.29, 0.717) is 22.0 Å². The van der Waals surface area contributed by atoms with E-state index in [4.69, 9.17) is 29.6 Å². The zero-order valence-corrected chi connectivity index (χ0v) is 11.8. The molecule has 0 aliphatic heterocycles. The summed E-state index contributed by atoms with van der Waals surface area (Å²) in [5.41, 5.74) is 8.07. The molecule has 0 bridgehead atoms. The monoisotopic (exact) mass is 294 g/mol. The molecule has 2 nitrogen and oxygen atoms in total. The molecule has 3 N–H and O–H groups in total. The summed E-state index contributed by atoms with van der Waals surface area (Å²) in [5, 5.41) is 3.50. The number of rotatable bonds is 3. The highest BCUT2D eigenvalue weighted by Crippen LogP contribution is 2.26. The van der Waals surface area contributed by atoms with Gasteiger partial charge in [-0.1, -0.05) is 29.9 Å². The number of thiocarbonyl (C=S) groups is 1. The molecule has 0 radical (unpaired) electrons. The summed E-state index contributed by atoms with van der Waals surface area (Å²) in [7, 11) is 0. The van der Waals surface area contributed by atoms with Crippen LogP contribution in [0.25, 0.3) is 0 Å². The Morgan fingerprint density at radius 3 is 2.53 bits per heavy atom. The Hall–Kier alpha value is -1.65. The molecular weight excluding hydrogens is 283 g/mol. The van der Waals surface area contributed by atoms with Crippen molar-refractivity contribution < 1.29 is 4.39 Å². The van der Waals surface area contributed by atoms with Gasteiger partial charge in [-0.25, -0.2) is 4.39 Å². The highest BCUT2D eigenvalue weighted by Gasteiger charge is 2.09. The van der Waals surface area contributed by atoms with Gasteiger partial charge in [0.2, 0.25) is 0 Å². The average molecular weight is 295 g/mol. The average Bonchev–Trinajstić information content (AvgIpc) is 2.34. The Labute approximate surface area is 121 Å². The second-order valence-electron chi connectivity index (χ2n) is 4.16. The quantitative estimate of drug-likeness (QED) is 0.835. The first-order valence-electron chi connectivity index (χ1n) is 5.60. The molecule has 0 aliphatic rings. The molecule has 0 heterocycles. The summed E-state index contributed by atoms with van der Waals surface area (Å²) >= 11 is 10.9. The predicted molar refractivity (Wildman–Crippen MR) is 81.8 cm³/mol. The molecule has 2 aromatic carbocycles. The van der Waals surface area contributed by atoms with Crippen LogP contribution in [0, 0.1) is 12.7 Å². The van der Waals surface area contributed by atoms with Crippen molar-refractivity contribution in [2.45, 2.75) is 6.92 Å². The lowest BCUT2D eigenvalue weighted by Gasteiger charge is -2.12. The Morgan fingerprint density at radius 2 is 1.89 bits per heavy atom. The summed E-state index contributed by atoms with van der Waals surface area (Å²) < 4.78 is 13.8. The van der Waals surface area contributed by atoms with Gasteiger partial charge in [0, 0.05) is 16.3 Å². The van der Waals surface area contributed by atoms with Crippen molar-refractivity contribution in [1.82, 2.24) is 0 Å². The van der Waals surface area contributed by atoms with E-state index in [1.165, 1.54) is 6.07 Å². The Kier molecular flexibility index (Phi) is 4.02. The van der Waals surface area contributed by atoms with Crippen LogP contribution in [0.4, 0.5) is 15.8 Å². The zero-order valence-electron chi connectivity index (χ0n) is 10.2. The molecule has 0 atom stereocenters. The van der Waals surface area contributed by atoms with Crippen LogP contribution in [0.2, 0.25) is 5.02 Å². The SMILES string of the molecule is Cc1ccc(Nc2ccc(Cl)cc2C(N)=S)c(F)c1. The summed E-state index contributed by atoms with van der Waals surface area (Å²) in [6.07, 6.45) is 0. The number of anilines is 2. The van der Waals surface area contributed by atoms with E-state index < -0.39 is 0 Å². The smallest absolute Gasteiger partial charge is 0.146 e. The van der Waals surface area contributed by atoms with Crippen LogP contribution in [0.15, 0.2) is 36.4 Å². The van der Waals surface area contributed by atoms with Crippen molar-refractivity contribution in [2.75, 3.05) is 5.32 Å². The van der Waals surface area contributed by atoms with E-state index in [0.717, 1.165) is 5.56 Å². The maximum atomic E-state index is 13.8. The molecule has 2 rings (SSSR count). The predicted octanol–water partition coefficient (Wildman–Crippen LogP) is 4.17.